The summed E-state index contributed by atoms with van der Waals surface area (Å²) in [5, 5.41) is 0.535. The second-order valence-corrected chi connectivity index (χ2v) is 2.99. The van der Waals surface area contributed by atoms with Gasteiger partial charge in [0.2, 0.25) is 0 Å². The van der Waals surface area contributed by atoms with Crippen molar-refractivity contribution in [2.45, 2.75) is 13.5 Å². The first-order valence-electron chi connectivity index (χ1n) is 2.60. The Morgan fingerprint density at radius 2 is 2.56 bits per heavy atom. The Labute approximate surface area is 61.8 Å². The van der Waals surface area contributed by atoms with Gasteiger partial charge in [0.15, 0.2) is 0 Å². The first-order chi connectivity index (χ1) is 4.24. The van der Waals surface area contributed by atoms with Gasteiger partial charge in [-0.1, -0.05) is 11.6 Å². The van der Waals surface area contributed by atoms with Crippen molar-refractivity contribution < 1.29 is 0 Å². The van der Waals surface area contributed by atoms with E-state index >= 15 is 0 Å². The lowest BCUT2D eigenvalue weighted by Crippen LogP contribution is -1.87. The molecule has 0 saturated carbocycles. The summed E-state index contributed by atoms with van der Waals surface area (Å²) in [6.45, 7) is 2.72. The van der Waals surface area contributed by atoms with E-state index in [0.717, 1.165) is 18.1 Å². The molecule has 0 aliphatic carbocycles. The molecule has 0 radical (unpaired) electrons. The van der Waals surface area contributed by atoms with Gasteiger partial charge in [0.25, 0.3) is 4.74 Å². The molecule has 2 nitrogen and oxygen atoms in total. The molecule has 0 spiro atoms. The van der Waals surface area contributed by atoms with Crippen LogP contribution in [0.3, 0.4) is 0 Å². The van der Waals surface area contributed by atoms with E-state index < -0.39 is 0 Å². The standard InChI is InChI=1S/C5H6ClNOS/c1-2-7-4(6)3-5(8)9-7/h3H,2H2,1H3. The Morgan fingerprint density at radius 3 is 2.78 bits per heavy atom. The van der Waals surface area contributed by atoms with Crippen molar-refractivity contribution in [1.29, 1.82) is 0 Å². The monoisotopic (exact) mass is 163 g/mol. The van der Waals surface area contributed by atoms with Crippen LogP contribution in [0.25, 0.3) is 0 Å². The van der Waals surface area contributed by atoms with Crippen LogP contribution in [-0.4, -0.2) is 3.96 Å². The number of hydrogen-bond donors (Lipinski definition) is 0. The van der Waals surface area contributed by atoms with Gasteiger partial charge in [0.05, 0.1) is 0 Å². The Hall–Kier alpha value is -0.280. The third kappa shape index (κ3) is 1.34. The normalized spacial score (nSPS) is 10.0. The fraction of sp³-hybridized carbons (Fsp3) is 0.400. The number of aromatic nitrogens is 1. The van der Waals surface area contributed by atoms with E-state index in [2.05, 4.69) is 0 Å². The average Bonchev–Trinajstić information content (AvgIpc) is 2.10. The highest BCUT2D eigenvalue weighted by molar-refractivity contribution is 7.04. The lowest BCUT2D eigenvalue weighted by atomic mass is 10.7. The van der Waals surface area contributed by atoms with Crippen LogP contribution in [0.4, 0.5) is 0 Å². The summed E-state index contributed by atoms with van der Waals surface area (Å²) in [6, 6.07) is 1.43. The second-order valence-electron chi connectivity index (χ2n) is 1.57. The molecule has 0 aliphatic rings. The van der Waals surface area contributed by atoms with Crippen LogP contribution in [0.15, 0.2) is 10.9 Å². The number of nitrogens with zero attached hydrogens (tertiary/aromatic N) is 1. The lowest BCUT2D eigenvalue weighted by Gasteiger charge is -1.92. The van der Waals surface area contributed by atoms with Gasteiger partial charge in [-0.2, -0.15) is 0 Å². The predicted octanol–water partition coefficient (Wildman–Crippen LogP) is 1.58. The van der Waals surface area contributed by atoms with Crippen molar-refractivity contribution in [2.24, 2.45) is 0 Å². The summed E-state index contributed by atoms with van der Waals surface area (Å²) >= 11 is 6.76. The maximum atomic E-state index is 10.6. The second kappa shape index (κ2) is 2.54. The fourth-order valence-electron chi connectivity index (χ4n) is 0.563. The molecule has 0 unspecified atom stereocenters. The molecule has 1 aromatic rings. The van der Waals surface area contributed by atoms with Crippen LogP contribution in [0.5, 0.6) is 0 Å². The molecule has 4 heteroatoms. The number of hydrogen-bond acceptors (Lipinski definition) is 2. The van der Waals surface area contributed by atoms with Gasteiger partial charge in [-0.15, -0.1) is 0 Å². The highest BCUT2D eigenvalue weighted by atomic mass is 35.5. The summed E-state index contributed by atoms with van der Waals surface area (Å²) in [6.07, 6.45) is 0. The van der Waals surface area contributed by atoms with Crippen LogP contribution >= 0.6 is 23.1 Å². The minimum absolute atomic E-state index is 0.0156. The molecule has 50 valence electrons. The molecule has 1 aromatic heterocycles. The molecule has 0 aliphatic heterocycles. The maximum absolute atomic E-state index is 10.6. The minimum Gasteiger partial charge on any atom is -0.285 e. The zero-order valence-electron chi connectivity index (χ0n) is 4.93. The topological polar surface area (TPSA) is 22.0 Å². The van der Waals surface area contributed by atoms with Crippen LogP contribution in [0.2, 0.25) is 5.15 Å². The van der Waals surface area contributed by atoms with E-state index in [4.69, 9.17) is 11.6 Å². The maximum Gasteiger partial charge on any atom is 0.251 e. The van der Waals surface area contributed by atoms with Crippen molar-refractivity contribution in [3.8, 4) is 0 Å². The van der Waals surface area contributed by atoms with E-state index in [1.165, 1.54) is 6.07 Å². The first-order valence-corrected chi connectivity index (χ1v) is 3.76. The number of aryl methyl sites for hydroxylation is 1. The molecule has 9 heavy (non-hydrogen) atoms. The molecular weight excluding hydrogens is 158 g/mol. The molecule has 0 atom stereocenters. The zero-order valence-corrected chi connectivity index (χ0v) is 6.50. The largest absolute Gasteiger partial charge is 0.285 e. The predicted molar refractivity (Wildman–Crippen MR) is 39.3 cm³/mol. The molecule has 1 heterocycles. The highest BCUT2D eigenvalue weighted by Crippen LogP contribution is 2.08. The smallest absolute Gasteiger partial charge is 0.251 e. The third-order valence-corrected chi connectivity index (χ3v) is 2.35. The van der Waals surface area contributed by atoms with Crippen molar-refractivity contribution in [3.05, 3.63) is 20.8 Å². The summed E-state index contributed by atoms with van der Waals surface area (Å²) in [7, 11) is 0. The number of halogens is 1. The molecule has 0 N–H and O–H groups in total. The zero-order chi connectivity index (χ0) is 6.85. The van der Waals surface area contributed by atoms with Gasteiger partial charge in [-0.3, -0.25) is 8.75 Å². The molecule has 0 bridgehead atoms. The van der Waals surface area contributed by atoms with Crippen LogP contribution in [0.1, 0.15) is 6.92 Å². The third-order valence-electron chi connectivity index (χ3n) is 0.963. The molecule has 0 fully saturated rings. The molecular formula is C5H6ClNOS. The van der Waals surface area contributed by atoms with Crippen molar-refractivity contribution in [2.75, 3.05) is 0 Å². The van der Waals surface area contributed by atoms with E-state index in [9.17, 15) is 4.79 Å². The SMILES string of the molecule is CCn1sc(=O)cc1Cl. The van der Waals surface area contributed by atoms with E-state index in [0.29, 0.717) is 5.15 Å². The van der Waals surface area contributed by atoms with Crippen molar-refractivity contribution in [3.63, 3.8) is 0 Å². The van der Waals surface area contributed by atoms with Gasteiger partial charge < -0.3 is 0 Å². The van der Waals surface area contributed by atoms with Crippen molar-refractivity contribution in [1.82, 2.24) is 3.96 Å². The van der Waals surface area contributed by atoms with Crippen LogP contribution in [-0.2, 0) is 6.54 Å². The average molecular weight is 164 g/mol. The lowest BCUT2D eigenvalue weighted by molar-refractivity contribution is 0.840. The molecule has 0 amide bonds. The van der Waals surface area contributed by atoms with Crippen LogP contribution in [0, 0.1) is 0 Å². The van der Waals surface area contributed by atoms with Crippen molar-refractivity contribution >= 4 is 23.1 Å². The minimum atomic E-state index is 0.0156. The number of rotatable bonds is 1. The first kappa shape index (κ1) is 6.83. The quantitative estimate of drug-likeness (QED) is 0.616. The van der Waals surface area contributed by atoms with Gasteiger partial charge >= 0.3 is 0 Å². The Bertz CT molecular complexity index is 252. The summed E-state index contributed by atoms with van der Waals surface area (Å²) in [5.74, 6) is 0. The molecule has 1 rings (SSSR count). The van der Waals surface area contributed by atoms with Crippen LogP contribution < -0.4 is 4.74 Å². The highest BCUT2D eigenvalue weighted by Gasteiger charge is 1.97. The van der Waals surface area contributed by atoms with E-state index in [-0.39, 0.29) is 4.74 Å². The summed E-state index contributed by atoms with van der Waals surface area (Å²) in [4.78, 5) is 10.6. The Balaban J connectivity index is 3.16. The van der Waals surface area contributed by atoms with Gasteiger partial charge in [-0.25, -0.2) is 0 Å². The summed E-state index contributed by atoms with van der Waals surface area (Å²) in [5.41, 5.74) is 0. The van der Waals surface area contributed by atoms with E-state index in [1.54, 1.807) is 3.96 Å². The molecule has 0 saturated heterocycles. The Morgan fingerprint density at radius 1 is 1.89 bits per heavy atom. The summed E-state index contributed by atoms with van der Waals surface area (Å²) < 4.78 is 1.76. The molecule has 0 aromatic carbocycles. The van der Waals surface area contributed by atoms with Gasteiger partial charge in [-0.05, 0) is 18.5 Å². The van der Waals surface area contributed by atoms with Gasteiger partial charge in [0.1, 0.15) is 5.15 Å². The Kier molecular flexibility index (Phi) is 1.93. The fourth-order valence-corrected chi connectivity index (χ4v) is 1.60. The van der Waals surface area contributed by atoms with E-state index in [1.807, 2.05) is 6.92 Å². The van der Waals surface area contributed by atoms with Gasteiger partial charge in [0, 0.05) is 12.6 Å².